The summed E-state index contributed by atoms with van der Waals surface area (Å²) in [5.74, 6) is 0.628. The summed E-state index contributed by atoms with van der Waals surface area (Å²) >= 11 is 3.52. The number of rotatable bonds is 11. The molecule has 9 heteroatoms. The van der Waals surface area contributed by atoms with E-state index in [-0.39, 0.29) is 5.75 Å². The molecule has 3 aromatic carbocycles. The molecule has 1 aliphatic heterocycles. The number of fused-ring (bicyclic) bond motifs is 2. The number of anilines is 1. The Hall–Kier alpha value is -3.11. The SMILES string of the molecule is CCC(=C/c1sc2ccc(-c3ccccc3)cc2[n+]1CCCCS(=O)(=O)O)/C=C1/Sc2ccc(OC)cc2N1CC. The highest BCUT2D eigenvalue weighted by Crippen LogP contribution is 2.47. The van der Waals surface area contributed by atoms with Gasteiger partial charge in [-0.1, -0.05) is 66.4 Å². The van der Waals surface area contributed by atoms with Crippen LogP contribution in [0.1, 0.15) is 38.1 Å². The van der Waals surface area contributed by atoms with Crippen molar-refractivity contribution in [1.29, 1.82) is 0 Å². The summed E-state index contributed by atoms with van der Waals surface area (Å²) in [6, 6.07) is 23.1. The maximum absolute atomic E-state index is 11.3. The summed E-state index contributed by atoms with van der Waals surface area (Å²) in [5, 5.41) is 2.31. The zero-order chi connectivity index (χ0) is 29.0. The number of allylic oxidation sites excluding steroid dienone is 2. The molecule has 6 nitrogen and oxygen atoms in total. The molecular weight excluding hydrogens is 573 g/mol. The number of aromatic nitrogens is 1. The Morgan fingerprint density at radius 2 is 1.83 bits per heavy atom. The first-order valence-corrected chi connectivity index (χ1v) is 17.1. The van der Waals surface area contributed by atoms with Gasteiger partial charge in [0, 0.05) is 36.1 Å². The molecule has 1 aliphatic rings. The minimum absolute atomic E-state index is 0.224. The smallest absolute Gasteiger partial charge is 0.264 e. The minimum atomic E-state index is -3.97. The predicted molar refractivity (Wildman–Crippen MR) is 171 cm³/mol. The van der Waals surface area contributed by atoms with Crippen LogP contribution >= 0.6 is 23.1 Å². The molecule has 0 saturated carbocycles. The van der Waals surface area contributed by atoms with Gasteiger partial charge >= 0.3 is 0 Å². The topological polar surface area (TPSA) is 70.7 Å². The van der Waals surface area contributed by atoms with Gasteiger partial charge in [-0.3, -0.25) is 4.55 Å². The van der Waals surface area contributed by atoms with E-state index in [9.17, 15) is 13.0 Å². The molecule has 1 aromatic heterocycles. The summed E-state index contributed by atoms with van der Waals surface area (Å²) in [6.07, 6.45) is 6.46. The normalized spacial score (nSPS) is 14.7. The summed E-state index contributed by atoms with van der Waals surface area (Å²) in [4.78, 5) is 3.55. The van der Waals surface area contributed by atoms with Crippen LogP contribution in [0.5, 0.6) is 5.75 Å². The molecule has 5 rings (SSSR count). The Bertz CT molecular complexity index is 1710. The molecule has 0 unspecified atom stereocenters. The van der Waals surface area contributed by atoms with Crippen molar-refractivity contribution < 1.29 is 22.3 Å². The average molecular weight is 608 g/mol. The van der Waals surface area contributed by atoms with E-state index in [4.69, 9.17) is 4.74 Å². The first-order chi connectivity index (χ1) is 19.8. The molecule has 0 atom stereocenters. The quantitative estimate of drug-likeness (QED) is 0.107. The Labute approximate surface area is 250 Å². The Morgan fingerprint density at radius 3 is 2.54 bits per heavy atom. The van der Waals surface area contributed by atoms with Crippen LogP contribution < -0.4 is 14.2 Å². The van der Waals surface area contributed by atoms with E-state index in [1.807, 2.05) is 24.3 Å². The van der Waals surface area contributed by atoms with Gasteiger partial charge in [-0.05, 0) is 60.7 Å². The van der Waals surface area contributed by atoms with E-state index in [0.29, 0.717) is 19.4 Å². The molecule has 0 amide bonds. The van der Waals surface area contributed by atoms with Crippen molar-refractivity contribution in [2.45, 2.75) is 44.6 Å². The third kappa shape index (κ3) is 6.86. The fourth-order valence-corrected chi connectivity index (χ4v) is 7.91. The number of thioether (sulfide) groups is 1. The van der Waals surface area contributed by atoms with Crippen molar-refractivity contribution >= 4 is 55.2 Å². The monoisotopic (exact) mass is 607 g/mol. The molecule has 0 spiro atoms. The minimum Gasteiger partial charge on any atom is -0.497 e. The maximum atomic E-state index is 11.3. The number of ether oxygens (including phenoxy) is 1. The summed E-state index contributed by atoms with van der Waals surface area (Å²) in [5.41, 5.74) is 5.81. The van der Waals surface area contributed by atoms with Crippen LogP contribution in [0.15, 0.2) is 88.3 Å². The number of hydrogen-bond acceptors (Lipinski definition) is 6. The van der Waals surface area contributed by atoms with Crippen molar-refractivity contribution in [2.24, 2.45) is 0 Å². The van der Waals surface area contributed by atoms with E-state index in [1.165, 1.54) is 25.9 Å². The second kappa shape index (κ2) is 12.8. The second-order valence-electron chi connectivity index (χ2n) is 9.87. The van der Waals surface area contributed by atoms with Gasteiger partial charge in [0.1, 0.15) is 10.4 Å². The Balaban J connectivity index is 1.52. The third-order valence-corrected chi connectivity index (χ3v) is 10.2. The van der Waals surface area contributed by atoms with Gasteiger partial charge in [-0.2, -0.15) is 13.0 Å². The van der Waals surface area contributed by atoms with Crippen LogP contribution in [0.3, 0.4) is 0 Å². The zero-order valence-electron chi connectivity index (χ0n) is 23.5. The van der Waals surface area contributed by atoms with E-state index < -0.39 is 10.1 Å². The van der Waals surface area contributed by atoms with Gasteiger partial charge in [0.15, 0.2) is 6.54 Å². The van der Waals surface area contributed by atoms with Crippen LogP contribution in [0.25, 0.3) is 27.4 Å². The van der Waals surface area contributed by atoms with E-state index in [1.54, 1.807) is 30.2 Å². The number of methoxy groups -OCH3 is 1. The number of unbranched alkanes of at least 4 members (excludes halogenated alkanes) is 1. The Kier molecular flexibility index (Phi) is 9.19. The largest absolute Gasteiger partial charge is 0.497 e. The van der Waals surface area contributed by atoms with Crippen LogP contribution in [-0.4, -0.2) is 32.4 Å². The van der Waals surface area contributed by atoms with Crippen molar-refractivity contribution in [3.63, 3.8) is 0 Å². The molecule has 0 saturated heterocycles. The number of nitrogens with zero attached hydrogens (tertiary/aromatic N) is 2. The maximum Gasteiger partial charge on any atom is 0.264 e. The van der Waals surface area contributed by atoms with Gasteiger partial charge < -0.3 is 9.64 Å². The van der Waals surface area contributed by atoms with Crippen molar-refractivity contribution in [1.82, 2.24) is 0 Å². The fraction of sp³-hybridized carbons (Fsp3) is 0.281. The van der Waals surface area contributed by atoms with Gasteiger partial charge in [-0.15, -0.1) is 0 Å². The van der Waals surface area contributed by atoms with Crippen LogP contribution in [0, 0.1) is 0 Å². The lowest BCUT2D eigenvalue weighted by Gasteiger charge is -2.18. The van der Waals surface area contributed by atoms with Gasteiger partial charge in [0.05, 0.1) is 23.6 Å². The van der Waals surface area contributed by atoms with Crippen LogP contribution in [-0.2, 0) is 16.7 Å². The molecule has 4 aromatic rings. The first-order valence-electron chi connectivity index (χ1n) is 13.8. The van der Waals surface area contributed by atoms with Gasteiger partial charge in [-0.25, -0.2) is 0 Å². The van der Waals surface area contributed by atoms with Crippen molar-refractivity contribution in [2.75, 3.05) is 24.3 Å². The molecule has 0 aliphatic carbocycles. The van der Waals surface area contributed by atoms with E-state index in [0.717, 1.165) is 40.4 Å². The third-order valence-electron chi connectivity index (χ3n) is 7.15. The van der Waals surface area contributed by atoms with Gasteiger partial charge in [0.2, 0.25) is 5.52 Å². The molecule has 0 bridgehead atoms. The highest BCUT2D eigenvalue weighted by atomic mass is 32.2. The molecule has 41 heavy (non-hydrogen) atoms. The standard InChI is InChI=1S/C32H34N2O4S3/c1-4-23(19-31-33(5-2)28-22-26(38-3)14-16-30(28)39-31)20-32-34(17-9-10-18-41(35,36)37)27-21-25(13-15-29(27)40-32)24-11-7-6-8-12-24/h6-8,11-16,19-22H,4-5,9-10,17-18H2,1-3H3/p+1. The number of hydrogen-bond donors (Lipinski definition) is 1. The summed E-state index contributed by atoms with van der Waals surface area (Å²) in [6.45, 7) is 5.85. The molecule has 214 valence electrons. The fourth-order valence-electron chi connectivity index (χ4n) is 5.01. The zero-order valence-corrected chi connectivity index (χ0v) is 26.0. The van der Waals surface area contributed by atoms with Crippen LogP contribution in [0.2, 0.25) is 0 Å². The average Bonchev–Trinajstić information content (AvgIpc) is 3.50. The number of thiazole rings is 1. The van der Waals surface area contributed by atoms with Crippen LogP contribution in [0.4, 0.5) is 5.69 Å². The molecule has 0 radical (unpaired) electrons. The lowest BCUT2D eigenvalue weighted by Crippen LogP contribution is -2.35. The molecule has 2 heterocycles. The predicted octanol–water partition coefficient (Wildman–Crippen LogP) is 7.80. The first kappa shape index (κ1) is 29.4. The van der Waals surface area contributed by atoms with Crippen molar-refractivity contribution in [3.05, 3.63) is 88.4 Å². The second-order valence-corrected chi connectivity index (χ2v) is 13.6. The van der Waals surface area contributed by atoms with Gasteiger partial charge in [0.25, 0.3) is 15.1 Å². The van der Waals surface area contributed by atoms with Crippen molar-refractivity contribution in [3.8, 4) is 16.9 Å². The van der Waals surface area contributed by atoms with E-state index >= 15 is 0 Å². The molecular formula is C32H35N2O4S3+. The summed E-state index contributed by atoms with van der Waals surface area (Å²) in [7, 11) is -2.28. The molecule has 0 fully saturated rings. The van der Waals surface area contributed by atoms with E-state index in [2.05, 4.69) is 77.9 Å². The number of benzene rings is 3. The highest BCUT2D eigenvalue weighted by molar-refractivity contribution is 8.03. The highest BCUT2D eigenvalue weighted by Gasteiger charge is 2.25. The lowest BCUT2D eigenvalue weighted by molar-refractivity contribution is -0.669. The Morgan fingerprint density at radius 1 is 1.02 bits per heavy atom. The lowest BCUT2D eigenvalue weighted by atomic mass is 10.1. The number of aryl methyl sites for hydroxylation is 1. The summed E-state index contributed by atoms with van der Waals surface area (Å²) < 4.78 is 40.8. The molecule has 1 N–H and O–H groups in total.